The van der Waals surface area contributed by atoms with E-state index < -0.39 is 0 Å². The van der Waals surface area contributed by atoms with Crippen molar-refractivity contribution >= 4 is 29.1 Å². The molecule has 9 heteroatoms. The lowest BCUT2D eigenvalue weighted by atomic mass is 10.0. The van der Waals surface area contributed by atoms with Crippen molar-refractivity contribution in [3.05, 3.63) is 71.4 Å². The number of nitrogen functional groups attached to an aromatic ring is 1. The van der Waals surface area contributed by atoms with E-state index in [9.17, 15) is 9.59 Å². The number of nitrogens with two attached hydrogens (primary N) is 1. The molecule has 1 aliphatic heterocycles. The summed E-state index contributed by atoms with van der Waals surface area (Å²) in [6.45, 7) is 8.72. The molecule has 1 aromatic heterocycles. The fourth-order valence-electron chi connectivity index (χ4n) is 4.71. The molecule has 0 aliphatic carbocycles. The predicted molar refractivity (Wildman–Crippen MR) is 158 cm³/mol. The third kappa shape index (κ3) is 7.94. The molecular weight excluding hydrogens is 490 g/mol. The number of likely N-dealkylation sites (tertiary alicyclic amines) is 1. The van der Waals surface area contributed by atoms with Gasteiger partial charge >= 0.3 is 6.03 Å². The van der Waals surface area contributed by atoms with Gasteiger partial charge in [-0.15, -0.1) is 0 Å². The maximum absolute atomic E-state index is 12.9. The molecule has 39 heavy (non-hydrogen) atoms. The van der Waals surface area contributed by atoms with Gasteiger partial charge in [0.15, 0.2) is 0 Å². The molecule has 0 spiro atoms. The highest BCUT2D eigenvalue weighted by Crippen LogP contribution is 2.27. The number of carbonyl (C=O) groups is 2. The van der Waals surface area contributed by atoms with Gasteiger partial charge in [0.2, 0.25) is 0 Å². The summed E-state index contributed by atoms with van der Waals surface area (Å²) >= 11 is 0. The number of hydrogen-bond donors (Lipinski definition) is 5. The molecule has 0 bridgehead atoms. The molecule has 3 amide bonds. The number of hydrogen-bond acceptors (Lipinski definition) is 6. The van der Waals surface area contributed by atoms with E-state index in [1.807, 2.05) is 62.4 Å². The largest absolute Gasteiger partial charge is 0.385 e. The van der Waals surface area contributed by atoms with Crippen molar-refractivity contribution in [1.82, 2.24) is 20.5 Å². The SMILES string of the molecule is CCNc1cc(-c2ccc(NC(=O)NCc3cnc(N)c(C)c3)cc2)ccc1C(=O)NCCN1CCCCC1. The molecule has 0 radical (unpaired) electrons. The molecule has 4 rings (SSSR count). The van der Waals surface area contributed by atoms with Crippen LogP contribution in [0.3, 0.4) is 0 Å². The van der Waals surface area contributed by atoms with Crippen molar-refractivity contribution in [2.75, 3.05) is 49.1 Å². The number of urea groups is 1. The Morgan fingerprint density at radius 3 is 2.44 bits per heavy atom. The van der Waals surface area contributed by atoms with E-state index in [-0.39, 0.29) is 11.9 Å². The zero-order valence-corrected chi connectivity index (χ0v) is 22.8. The van der Waals surface area contributed by atoms with Gasteiger partial charge < -0.3 is 31.9 Å². The molecular formula is C30H39N7O2. The Morgan fingerprint density at radius 2 is 1.72 bits per heavy atom. The van der Waals surface area contributed by atoms with Gasteiger partial charge in [-0.05, 0) is 92.4 Å². The van der Waals surface area contributed by atoms with Gasteiger partial charge in [-0.3, -0.25) is 4.79 Å². The zero-order valence-electron chi connectivity index (χ0n) is 22.8. The molecule has 0 atom stereocenters. The topological polar surface area (TPSA) is 124 Å². The summed E-state index contributed by atoms with van der Waals surface area (Å²) in [5.74, 6) is 0.423. The Labute approximate surface area is 230 Å². The van der Waals surface area contributed by atoms with E-state index in [1.165, 1.54) is 19.3 Å². The average Bonchev–Trinajstić information content (AvgIpc) is 2.95. The van der Waals surface area contributed by atoms with Gasteiger partial charge in [0.25, 0.3) is 5.91 Å². The summed E-state index contributed by atoms with van der Waals surface area (Å²) in [5, 5.41) is 12.1. The Balaban J connectivity index is 1.33. The van der Waals surface area contributed by atoms with E-state index >= 15 is 0 Å². The second-order valence-electron chi connectivity index (χ2n) is 9.88. The van der Waals surface area contributed by atoms with Crippen LogP contribution in [0.15, 0.2) is 54.7 Å². The van der Waals surface area contributed by atoms with Crippen molar-refractivity contribution < 1.29 is 9.59 Å². The second kappa shape index (κ2) is 13.6. The Bertz CT molecular complexity index is 1270. The Hall–Kier alpha value is -4.11. The highest BCUT2D eigenvalue weighted by molar-refractivity contribution is 6.00. The van der Waals surface area contributed by atoms with E-state index in [4.69, 9.17) is 5.73 Å². The number of carbonyl (C=O) groups excluding carboxylic acids is 2. The molecule has 1 saturated heterocycles. The Morgan fingerprint density at radius 1 is 0.974 bits per heavy atom. The number of nitrogens with zero attached hydrogens (tertiary/aromatic N) is 2. The van der Waals surface area contributed by atoms with Crippen molar-refractivity contribution in [2.45, 2.75) is 39.7 Å². The van der Waals surface area contributed by atoms with Crippen molar-refractivity contribution in [3.63, 3.8) is 0 Å². The van der Waals surface area contributed by atoms with E-state index in [2.05, 4.69) is 31.2 Å². The fraction of sp³-hybridized carbons (Fsp3) is 0.367. The minimum atomic E-state index is -0.303. The number of nitrogens with one attached hydrogen (secondary N) is 4. The van der Waals surface area contributed by atoms with Gasteiger partial charge in [-0.25, -0.2) is 9.78 Å². The first kappa shape index (κ1) is 27.9. The van der Waals surface area contributed by atoms with E-state index in [0.717, 1.165) is 47.6 Å². The van der Waals surface area contributed by atoms with Crippen LogP contribution in [0.2, 0.25) is 0 Å². The molecule has 206 valence electrons. The number of aryl methyl sites for hydroxylation is 1. The van der Waals surface area contributed by atoms with Crippen LogP contribution in [0.25, 0.3) is 11.1 Å². The average molecular weight is 530 g/mol. The number of rotatable bonds is 10. The Kier molecular flexibility index (Phi) is 9.74. The lowest BCUT2D eigenvalue weighted by Gasteiger charge is -2.26. The number of piperidine rings is 1. The minimum Gasteiger partial charge on any atom is -0.385 e. The van der Waals surface area contributed by atoms with Gasteiger partial charge in [-0.1, -0.05) is 24.6 Å². The second-order valence-corrected chi connectivity index (χ2v) is 9.88. The minimum absolute atomic E-state index is 0.0648. The lowest BCUT2D eigenvalue weighted by molar-refractivity contribution is 0.0947. The summed E-state index contributed by atoms with van der Waals surface area (Å²) in [7, 11) is 0. The molecule has 2 heterocycles. The van der Waals surface area contributed by atoms with Crippen LogP contribution in [0.4, 0.5) is 22.0 Å². The van der Waals surface area contributed by atoms with Gasteiger partial charge in [0.05, 0.1) is 5.56 Å². The van der Waals surface area contributed by atoms with Crippen LogP contribution in [0.5, 0.6) is 0 Å². The molecule has 6 N–H and O–H groups in total. The van der Waals surface area contributed by atoms with Gasteiger partial charge in [0.1, 0.15) is 5.82 Å². The lowest BCUT2D eigenvalue weighted by Crippen LogP contribution is -2.37. The van der Waals surface area contributed by atoms with Crippen LogP contribution >= 0.6 is 0 Å². The maximum atomic E-state index is 12.9. The quantitative estimate of drug-likeness (QED) is 0.261. The molecule has 2 aromatic carbocycles. The smallest absolute Gasteiger partial charge is 0.319 e. The number of anilines is 3. The van der Waals surface area contributed by atoms with Crippen molar-refractivity contribution in [2.24, 2.45) is 0 Å². The third-order valence-corrected chi connectivity index (χ3v) is 6.90. The standard InChI is InChI=1S/C30H39N7O2/c1-3-32-27-18-24(9-12-26(27)29(38)33-13-16-37-14-5-4-6-15-37)23-7-10-25(11-8-23)36-30(39)35-20-22-17-21(2)28(31)34-19-22/h7-12,17-19,32H,3-6,13-16,20H2,1-2H3,(H2,31,34)(H,33,38)(H2,35,36,39). The maximum Gasteiger partial charge on any atom is 0.319 e. The summed E-state index contributed by atoms with van der Waals surface area (Å²) in [5.41, 5.74) is 11.6. The van der Waals surface area contributed by atoms with Gasteiger partial charge in [0, 0.05) is 43.8 Å². The summed E-state index contributed by atoms with van der Waals surface area (Å²) in [4.78, 5) is 31.8. The number of benzene rings is 2. The normalized spacial score (nSPS) is 13.5. The van der Waals surface area contributed by atoms with Crippen LogP contribution in [0, 0.1) is 6.92 Å². The van der Waals surface area contributed by atoms with Crippen LogP contribution in [-0.2, 0) is 6.54 Å². The van der Waals surface area contributed by atoms with Crippen LogP contribution in [-0.4, -0.2) is 54.5 Å². The first-order valence-corrected chi connectivity index (χ1v) is 13.7. The highest BCUT2D eigenvalue weighted by Gasteiger charge is 2.14. The summed E-state index contributed by atoms with van der Waals surface area (Å²) < 4.78 is 0. The first-order chi connectivity index (χ1) is 18.9. The zero-order chi connectivity index (χ0) is 27.6. The summed E-state index contributed by atoms with van der Waals surface area (Å²) in [6, 6.07) is 15.1. The summed E-state index contributed by atoms with van der Waals surface area (Å²) in [6.07, 6.45) is 5.45. The van der Waals surface area contributed by atoms with Gasteiger partial charge in [-0.2, -0.15) is 0 Å². The first-order valence-electron chi connectivity index (χ1n) is 13.7. The third-order valence-electron chi connectivity index (χ3n) is 6.90. The molecule has 0 saturated carbocycles. The number of aromatic nitrogens is 1. The molecule has 9 nitrogen and oxygen atoms in total. The monoisotopic (exact) mass is 529 g/mol. The molecule has 0 unspecified atom stereocenters. The van der Waals surface area contributed by atoms with Crippen molar-refractivity contribution in [1.29, 1.82) is 0 Å². The van der Waals surface area contributed by atoms with E-state index in [1.54, 1.807) is 6.20 Å². The van der Waals surface area contributed by atoms with E-state index in [0.29, 0.717) is 36.7 Å². The molecule has 1 fully saturated rings. The highest BCUT2D eigenvalue weighted by atomic mass is 16.2. The van der Waals surface area contributed by atoms with Crippen LogP contribution in [0.1, 0.15) is 47.7 Å². The van der Waals surface area contributed by atoms with Crippen molar-refractivity contribution in [3.8, 4) is 11.1 Å². The fourth-order valence-corrected chi connectivity index (χ4v) is 4.71. The molecule has 3 aromatic rings. The number of amides is 3. The van der Waals surface area contributed by atoms with Crippen LogP contribution < -0.4 is 27.0 Å². The predicted octanol–water partition coefficient (Wildman–Crippen LogP) is 4.61. The molecule has 1 aliphatic rings. The number of pyridine rings is 1.